The number of benzene rings is 1. The molecule has 0 bridgehead atoms. The molecular formula is C19H26N2O6. The quantitative estimate of drug-likeness (QED) is 0.536. The van der Waals surface area contributed by atoms with E-state index in [9.17, 15) is 0 Å². The van der Waals surface area contributed by atoms with Crippen molar-refractivity contribution in [3.05, 3.63) is 48.0 Å². The van der Waals surface area contributed by atoms with Crippen LogP contribution < -0.4 is 4.74 Å². The first-order valence-electron chi connectivity index (χ1n) is 8.53. The Bertz CT molecular complexity index is 701. The molecule has 27 heavy (non-hydrogen) atoms. The number of rotatable bonds is 8. The van der Waals surface area contributed by atoms with Crippen LogP contribution in [0.2, 0.25) is 0 Å². The van der Waals surface area contributed by atoms with Crippen molar-refractivity contribution >= 4 is 11.9 Å². The zero-order chi connectivity index (χ0) is 20.2. The summed E-state index contributed by atoms with van der Waals surface area (Å²) in [6.07, 6.45) is 5.49. The summed E-state index contributed by atoms with van der Waals surface area (Å²) in [4.78, 5) is 22.2. The number of imidazole rings is 1. The summed E-state index contributed by atoms with van der Waals surface area (Å²) in [7, 11) is 0. The van der Waals surface area contributed by atoms with Crippen molar-refractivity contribution in [3.63, 3.8) is 0 Å². The zero-order valence-corrected chi connectivity index (χ0v) is 15.8. The Labute approximate surface area is 158 Å². The minimum absolute atomic E-state index is 0.513. The average molecular weight is 378 g/mol. The Hall–Kier alpha value is -2.87. The Morgan fingerprint density at radius 3 is 2.37 bits per heavy atom. The standard InChI is InChI=1S/C17H24N2O2.C2H2O4/c1-14(2)16-10-15(3)11-17(12-16)21-9-8-20-7-6-19-5-4-18-13-19;3-1(4)2(5)6/h4-5,10-14H,6-9H2,1-3H3;(H,3,4)(H,5,6). The first-order chi connectivity index (χ1) is 12.8. The second-order valence-corrected chi connectivity index (χ2v) is 6.11. The molecule has 0 unspecified atom stereocenters. The molecule has 0 amide bonds. The zero-order valence-electron chi connectivity index (χ0n) is 15.8. The molecule has 1 heterocycles. The monoisotopic (exact) mass is 378 g/mol. The van der Waals surface area contributed by atoms with Crippen molar-refractivity contribution in [1.29, 1.82) is 0 Å². The highest BCUT2D eigenvalue weighted by Crippen LogP contribution is 2.22. The van der Waals surface area contributed by atoms with Crippen molar-refractivity contribution < 1.29 is 29.3 Å². The molecule has 1 aromatic heterocycles. The van der Waals surface area contributed by atoms with Gasteiger partial charge in [0.1, 0.15) is 12.4 Å². The first-order valence-corrected chi connectivity index (χ1v) is 8.53. The van der Waals surface area contributed by atoms with Crippen LogP contribution in [0.15, 0.2) is 36.9 Å². The summed E-state index contributed by atoms with van der Waals surface area (Å²) in [5, 5.41) is 14.8. The molecule has 0 aliphatic heterocycles. The molecule has 0 fully saturated rings. The molecule has 0 aliphatic rings. The largest absolute Gasteiger partial charge is 0.491 e. The van der Waals surface area contributed by atoms with E-state index in [1.54, 1.807) is 12.5 Å². The van der Waals surface area contributed by atoms with Crippen LogP contribution in [0.4, 0.5) is 0 Å². The number of hydrogen-bond donors (Lipinski definition) is 2. The van der Waals surface area contributed by atoms with Gasteiger partial charge in [-0.15, -0.1) is 0 Å². The molecular weight excluding hydrogens is 352 g/mol. The summed E-state index contributed by atoms with van der Waals surface area (Å²) in [5.41, 5.74) is 2.54. The maximum Gasteiger partial charge on any atom is 0.414 e. The van der Waals surface area contributed by atoms with Crippen LogP contribution >= 0.6 is 0 Å². The van der Waals surface area contributed by atoms with Crippen molar-refractivity contribution in [1.82, 2.24) is 9.55 Å². The molecule has 0 atom stereocenters. The smallest absolute Gasteiger partial charge is 0.414 e. The molecule has 0 saturated carbocycles. The fraction of sp³-hybridized carbons (Fsp3) is 0.421. The Kier molecular flexibility index (Phi) is 9.60. The minimum atomic E-state index is -1.82. The topological polar surface area (TPSA) is 111 Å². The van der Waals surface area contributed by atoms with Gasteiger partial charge >= 0.3 is 11.9 Å². The fourth-order valence-corrected chi connectivity index (χ4v) is 2.10. The number of hydrogen-bond acceptors (Lipinski definition) is 5. The third-order valence-corrected chi connectivity index (χ3v) is 3.47. The molecule has 0 aliphatic carbocycles. The summed E-state index contributed by atoms with van der Waals surface area (Å²) in [5.74, 6) is -2.21. The second-order valence-electron chi connectivity index (χ2n) is 6.11. The number of carbonyl (C=O) groups is 2. The first kappa shape index (κ1) is 22.2. The van der Waals surface area contributed by atoms with E-state index in [0.717, 1.165) is 12.3 Å². The van der Waals surface area contributed by atoms with Crippen LogP contribution in [0.3, 0.4) is 0 Å². The van der Waals surface area contributed by atoms with Crippen LogP contribution in [0, 0.1) is 6.92 Å². The number of carboxylic acids is 2. The number of aromatic nitrogens is 2. The van der Waals surface area contributed by atoms with Gasteiger partial charge in [-0.3, -0.25) is 0 Å². The van der Waals surface area contributed by atoms with Crippen LogP contribution in [0.1, 0.15) is 30.9 Å². The highest BCUT2D eigenvalue weighted by atomic mass is 16.5. The number of aryl methyl sites for hydroxylation is 1. The van der Waals surface area contributed by atoms with E-state index in [1.165, 1.54) is 11.1 Å². The Balaban J connectivity index is 0.000000527. The van der Waals surface area contributed by atoms with Crippen LogP contribution in [0.25, 0.3) is 0 Å². The fourth-order valence-electron chi connectivity index (χ4n) is 2.10. The van der Waals surface area contributed by atoms with Crippen LogP contribution in [-0.4, -0.2) is 51.5 Å². The van der Waals surface area contributed by atoms with E-state index >= 15 is 0 Å². The molecule has 8 heteroatoms. The predicted molar refractivity (Wildman–Crippen MR) is 99.1 cm³/mol. The third-order valence-electron chi connectivity index (χ3n) is 3.47. The maximum atomic E-state index is 9.10. The van der Waals surface area contributed by atoms with Gasteiger partial charge in [-0.2, -0.15) is 0 Å². The van der Waals surface area contributed by atoms with Crippen LogP contribution in [-0.2, 0) is 20.9 Å². The summed E-state index contributed by atoms with van der Waals surface area (Å²) in [6, 6.07) is 6.39. The normalized spacial score (nSPS) is 10.2. The molecule has 1 aromatic carbocycles. The van der Waals surface area contributed by atoms with E-state index < -0.39 is 11.9 Å². The molecule has 2 rings (SSSR count). The molecule has 8 nitrogen and oxygen atoms in total. The van der Waals surface area contributed by atoms with Gasteiger partial charge in [-0.1, -0.05) is 19.9 Å². The van der Waals surface area contributed by atoms with E-state index in [-0.39, 0.29) is 0 Å². The summed E-state index contributed by atoms with van der Waals surface area (Å²) in [6.45, 7) is 9.15. The highest BCUT2D eigenvalue weighted by molar-refractivity contribution is 6.27. The van der Waals surface area contributed by atoms with Gasteiger partial charge in [0.2, 0.25) is 0 Å². The SMILES string of the molecule is Cc1cc(OCCOCCn2ccnc2)cc(C(C)C)c1.O=C(O)C(=O)O. The minimum Gasteiger partial charge on any atom is -0.491 e. The summed E-state index contributed by atoms with van der Waals surface area (Å²) >= 11 is 0. The van der Waals surface area contributed by atoms with E-state index in [4.69, 9.17) is 29.3 Å². The molecule has 2 N–H and O–H groups in total. The Morgan fingerprint density at radius 1 is 1.11 bits per heavy atom. The lowest BCUT2D eigenvalue weighted by Gasteiger charge is -2.12. The highest BCUT2D eigenvalue weighted by Gasteiger charge is 2.04. The average Bonchev–Trinajstić information content (AvgIpc) is 3.11. The van der Waals surface area contributed by atoms with E-state index in [0.29, 0.717) is 25.7 Å². The lowest BCUT2D eigenvalue weighted by Crippen LogP contribution is -2.10. The molecule has 0 radical (unpaired) electrons. The van der Waals surface area contributed by atoms with Gasteiger partial charge in [0, 0.05) is 18.9 Å². The van der Waals surface area contributed by atoms with Crippen molar-refractivity contribution in [3.8, 4) is 5.75 Å². The summed E-state index contributed by atoms with van der Waals surface area (Å²) < 4.78 is 13.3. The number of nitrogens with zero attached hydrogens (tertiary/aromatic N) is 2. The lowest BCUT2D eigenvalue weighted by atomic mass is 10.0. The van der Waals surface area contributed by atoms with Gasteiger partial charge in [-0.05, 0) is 36.1 Å². The van der Waals surface area contributed by atoms with Crippen LogP contribution in [0.5, 0.6) is 5.75 Å². The molecule has 148 valence electrons. The number of carboxylic acid groups (broad SMARTS) is 2. The third kappa shape index (κ3) is 9.41. The van der Waals surface area contributed by atoms with Gasteiger partial charge in [0.15, 0.2) is 0 Å². The van der Waals surface area contributed by atoms with Gasteiger partial charge < -0.3 is 24.3 Å². The van der Waals surface area contributed by atoms with E-state index in [2.05, 4.69) is 44.0 Å². The van der Waals surface area contributed by atoms with Gasteiger partial charge in [0.25, 0.3) is 0 Å². The van der Waals surface area contributed by atoms with Crippen molar-refractivity contribution in [2.45, 2.75) is 33.2 Å². The second kappa shape index (κ2) is 11.7. The van der Waals surface area contributed by atoms with Gasteiger partial charge in [0.05, 0.1) is 19.5 Å². The number of ether oxygens (including phenoxy) is 2. The van der Waals surface area contributed by atoms with Crippen molar-refractivity contribution in [2.24, 2.45) is 0 Å². The van der Waals surface area contributed by atoms with Crippen molar-refractivity contribution in [2.75, 3.05) is 19.8 Å². The molecule has 2 aromatic rings. The molecule has 0 saturated heterocycles. The maximum absolute atomic E-state index is 9.10. The Morgan fingerprint density at radius 2 is 1.81 bits per heavy atom. The lowest BCUT2D eigenvalue weighted by molar-refractivity contribution is -0.159. The molecule has 0 spiro atoms. The number of aliphatic carboxylic acids is 2. The van der Waals surface area contributed by atoms with Gasteiger partial charge in [-0.25, -0.2) is 14.6 Å². The predicted octanol–water partition coefficient (Wildman–Crippen LogP) is 2.57. The van der Waals surface area contributed by atoms with E-state index in [1.807, 2.05) is 10.8 Å².